The van der Waals surface area contributed by atoms with Gasteiger partial charge in [0.05, 0.1) is 40.6 Å². The zero-order valence-electron chi connectivity index (χ0n) is 20.2. The van der Waals surface area contributed by atoms with Gasteiger partial charge in [-0.15, -0.1) is 0 Å². The van der Waals surface area contributed by atoms with E-state index in [-0.39, 0.29) is 22.4 Å². The van der Waals surface area contributed by atoms with E-state index in [2.05, 4.69) is 41.3 Å². The molecule has 0 aliphatic carbocycles. The Morgan fingerprint density at radius 1 is 0.632 bits per heavy atom. The lowest BCUT2D eigenvalue weighted by Gasteiger charge is -2.27. The van der Waals surface area contributed by atoms with E-state index in [9.17, 15) is 20.9 Å². The van der Waals surface area contributed by atoms with E-state index < -0.39 is 0 Å². The fourth-order valence-electron chi connectivity index (χ4n) is 4.43. The van der Waals surface area contributed by atoms with Crippen molar-refractivity contribution in [2.75, 3.05) is 4.90 Å². The Labute approximate surface area is 220 Å². The van der Waals surface area contributed by atoms with Crippen LogP contribution < -0.4 is 4.90 Å². The summed E-state index contributed by atoms with van der Waals surface area (Å²) >= 11 is 0. The standard InChI is InChI=1S/C33H20N4O/c34-20-24-18-26(21-35)31(27(19-24)22-36)17-10-23-8-11-28(12-9-23)37(29-13-15-30(38)16-14-29)33-7-3-5-25-4-1-2-6-32(25)33/h1-19,38H. The predicted octanol–water partition coefficient (Wildman–Crippen LogP) is 7.80. The molecule has 0 atom stereocenters. The first kappa shape index (κ1) is 23.9. The van der Waals surface area contributed by atoms with Crippen LogP contribution in [0, 0.1) is 34.0 Å². The number of phenolic OH excluding ortho intramolecular Hbond substituents is 1. The molecule has 0 aromatic heterocycles. The first-order valence-electron chi connectivity index (χ1n) is 11.8. The normalized spacial score (nSPS) is 10.6. The maximum absolute atomic E-state index is 9.86. The molecular formula is C33H20N4O. The lowest BCUT2D eigenvalue weighted by molar-refractivity contribution is 0.475. The van der Waals surface area contributed by atoms with Gasteiger partial charge in [-0.05, 0) is 65.5 Å². The molecular weight excluding hydrogens is 468 g/mol. The van der Waals surface area contributed by atoms with Crippen molar-refractivity contribution >= 4 is 40.0 Å². The number of rotatable bonds is 5. The molecule has 1 N–H and O–H groups in total. The minimum absolute atomic E-state index is 0.198. The monoisotopic (exact) mass is 488 g/mol. The second-order valence-electron chi connectivity index (χ2n) is 8.60. The molecule has 178 valence electrons. The van der Waals surface area contributed by atoms with Crippen LogP contribution in [0.4, 0.5) is 17.1 Å². The smallest absolute Gasteiger partial charge is 0.115 e. The first-order chi connectivity index (χ1) is 18.6. The Balaban J connectivity index is 1.55. The highest BCUT2D eigenvalue weighted by molar-refractivity contribution is 5.99. The van der Waals surface area contributed by atoms with E-state index in [1.165, 1.54) is 12.1 Å². The molecule has 0 radical (unpaired) electrons. The number of fused-ring (bicyclic) bond motifs is 1. The summed E-state index contributed by atoms with van der Waals surface area (Å²) in [5.41, 5.74) is 5.05. The van der Waals surface area contributed by atoms with Crippen molar-refractivity contribution < 1.29 is 5.11 Å². The van der Waals surface area contributed by atoms with Crippen molar-refractivity contribution in [2.24, 2.45) is 0 Å². The van der Waals surface area contributed by atoms with Crippen LogP contribution >= 0.6 is 0 Å². The maximum Gasteiger partial charge on any atom is 0.115 e. The maximum atomic E-state index is 9.86. The van der Waals surface area contributed by atoms with Gasteiger partial charge in [-0.1, -0.05) is 60.7 Å². The van der Waals surface area contributed by atoms with Gasteiger partial charge in [-0.25, -0.2) is 0 Å². The fraction of sp³-hybridized carbons (Fsp3) is 0. The Morgan fingerprint density at radius 3 is 1.87 bits per heavy atom. The quantitative estimate of drug-likeness (QED) is 0.255. The summed E-state index contributed by atoms with van der Waals surface area (Å²) in [7, 11) is 0. The molecule has 0 bridgehead atoms. The van der Waals surface area contributed by atoms with E-state index >= 15 is 0 Å². The molecule has 0 saturated carbocycles. The molecule has 0 fully saturated rings. The summed E-state index contributed by atoms with van der Waals surface area (Å²) in [5, 5.41) is 40.3. The number of hydrogen-bond acceptors (Lipinski definition) is 5. The molecule has 0 aliphatic heterocycles. The van der Waals surface area contributed by atoms with Gasteiger partial charge >= 0.3 is 0 Å². The average Bonchev–Trinajstić information content (AvgIpc) is 2.97. The molecule has 0 amide bonds. The summed E-state index contributed by atoms with van der Waals surface area (Å²) in [6.45, 7) is 0. The molecule has 0 saturated heterocycles. The number of anilines is 3. The minimum atomic E-state index is 0.198. The molecule has 5 aromatic carbocycles. The number of phenols is 1. The van der Waals surface area contributed by atoms with Gasteiger partial charge in [0, 0.05) is 22.3 Å². The van der Waals surface area contributed by atoms with E-state index in [0.717, 1.165) is 33.4 Å². The fourth-order valence-corrected chi connectivity index (χ4v) is 4.43. The summed E-state index contributed by atoms with van der Waals surface area (Å²) in [4.78, 5) is 2.14. The third-order valence-corrected chi connectivity index (χ3v) is 6.26. The Kier molecular flexibility index (Phi) is 6.55. The van der Waals surface area contributed by atoms with E-state index in [1.807, 2.05) is 66.7 Å². The van der Waals surface area contributed by atoms with Crippen LogP contribution in [-0.2, 0) is 0 Å². The van der Waals surface area contributed by atoms with Crippen molar-refractivity contribution in [3.8, 4) is 24.0 Å². The number of nitrogens with zero attached hydrogens (tertiary/aromatic N) is 4. The number of benzene rings is 5. The number of aromatic hydroxyl groups is 1. The van der Waals surface area contributed by atoms with Gasteiger partial charge in [0.1, 0.15) is 5.75 Å². The highest BCUT2D eigenvalue weighted by Gasteiger charge is 2.15. The third-order valence-electron chi connectivity index (χ3n) is 6.26. The topological polar surface area (TPSA) is 94.8 Å². The van der Waals surface area contributed by atoms with Gasteiger partial charge in [0.2, 0.25) is 0 Å². The Hall–Kier alpha value is -5.83. The number of hydrogen-bond donors (Lipinski definition) is 1. The largest absolute Gasteiger partial charge is 0.508 e. The summed E-state index contributed by atoms with van der Waals surface area (Å²) in [6, 6.07) is 38.5. The van der Waals surface area contributed by atoms with Crippen LogP contribution in [0.3, 0.4) is 0 Å². The van der Waals surface area contributed by atoms with Crippen molar-refractivity contribution in [3.05, 3.63) is 131 Å². The lowest BCUT2D eigenvalue weighted by atomic mass is 9.98. The lowest BCUT2D eigenvalue weighted by Crippen LogP contribution is -2.10. The zero-order valence-corrected chi connectivity index (χ0v) is 20.2. The molecule has 0 spiro atoms. The molecule has 5 nitrogen and oxygen atoms in total. The molecule has 0 heterocycles. The molecule has 0 unspecified atom stereocenters. The van der Waals surface area contributed by atoms with Crippen molar-refractivity contribution in [2.45, 2.75) is 0 Å². The highest BCUT2D eigenvalue weighted by Crippen LogP contribution is 2.39. The van der Waals surface area contributed by atoms with Crippen LogP contribution in [0.2, 0.25) is 0 Å². The van der Waals surface area contributed by atoms with Crippen LogP contribution in [0.1, 0.15) is 27.8 Å². The third kappa shape index (κ3) is 4.67. The van der Waals surface area contributed by atoms with Crippen molar-refractivity contribution in [1.82, 2.24) is 0 Å². The first-order valence-corrected chi connectivity index (χ1v) is 11.8. The van der Waals surface area contributed by atoms with Crippen LogP contribution in [0.25, 0.3) is 22.9 Å². The summed E-state index contributed by atoms with van der Waals surface area (Å²) in [6.07, 6.45) is 3.57. The molecule has 0 aliphatic rings. The second-order valence-corrected chi connectivity index (χ2v) is 8.60. The van der Waals surface area contributed by atoms with E-state index in [4.69, 9.17) is 0 Å². The molecule has 38 heavy (non-hydrogen) atoms. The van der Waals surface area contributed by atoms with Gasteiger partial charge in [-0.3, -0.25) is 0 Å². The van der Waals surface area contributed by atoms with Crippen molar-refractivity contribution in [1.29, 1.82) is 15.8 Å². The van der Waals surface area contributed by atoms with Crippen LogP contribution in [0.5, 0.6) is 5.75 Å². The summed E-state index contributed by atoms with van der Waals surface area (Å²) < 4.78 is 0. The Morgan fingerprint density at radius 2 is 1.24 bits per heavy atom. The minimum Gasteiger partial charge on any atom is -0.508 e. The van der Waals surface area contributed by atoms with Crippen molar-refractivity contribution in [3.63, 3.8) is 0 Å². The molecule has 5 heteroatoms. The summed E-state index contributed by atoms with van der Waals surface area (Å²) in [5.74, 6) is 0.198. The predicted molar refractivity (Wildman–Crippen MR) is 150 cm³/mol. The van der Waals surface area contributed by atoms with E-state index in [1.54, 1.807) is 18.2 Å². The number of nitriles is 3. The van der Waals surface area contributed by atoms with Crippen LogP contribution in [-0.4, -0.2) is 5.11 Å². The highest BCUT2D eigenvalue weighted by atomic mass is 16.3. The SMILES string of the molecule is N#Cc1cc(C#N)c(C=Cc2ccc(N(c3ccc(O)cc3)c3cccc4ccccc34)cc2)c(C#N)c1. The zero-order chi connectivity index (χ0) is 26.5. The van der Waals surface area contributed by atoms with Gasteiger partial charge in [0.15, 0.2) is 0 Å². The molecule has 5 rings (SSSR count). The van der Waals surface area contributed by atoms with Gasteiger partial charge < -0.3 is 10.0 Å². The molecule has 5 aromatic rings. The average molecular weight is 489 g/mol. The second kappa shape index (κ2) is 10.4. The van der Waals surface area contributed by atoms with Gasteiger partial charge in [-0.2, -0.15) is 15.8 Å². The van der Waals surface area contributed by atoms with Gasteiger partial charge in [0.25, 0.3) is 0 Å². The van der Waals surface area contributed by atoms with E-state index in [0.29, 0.717) is 5.56 Å². The van der Waals surface area contributed by atoms with Crippen LogP contribution in [0.15, 0.2) is 103 Å². The Bertz CT molecular complexity index is 1760.